The van der Waals surface area contributed by atoms with Crippen LogP contribution in [-0.4, -0.2) is 0 Å². The summed E-state index contributed by atoms with van der Waals surface area (Å²) in [6.07, 6.45) is 5.88. The Hall–Kier alpha value is -2.10. The van der Waals surface area contributed by atoms with E-state index in [1.54, 1.807) is 12.3 Å². The smallest absolute Gasteiger partial charge is 0.133 e. The minimum absolute atomic E-state index is 0.0654. The van der Waals surface area contributed by atoms with Crippen molar-refractivity contribution in [3.8, 4) is 0 Å². The normalized spacial score (nSPS) is 17.4. The van der Waals surface area contributed by atoms with Crippen molar-refractivity contribution < 1.29 is 8.78 Å². The lowest BCUT2D eigenvalue weighted by atomic mass is 9.92. The molecule has 0 spiro atoms. The summed E-state index contributed by atoms with van der Waals surface area (Å²) in [6, 6.07) is 3.92. The van der Waals surface area contributed by atoms with Crippen molar-refractivity contribution in [2.24, 2.45) is 0 Å². The van der Waals surface area contributed by atoms with Crippen molar-refractivity contribution in [1.82, 2.24) is 10.9 Å². The average Bonchev–Trinajstić information content (AvgIpc) is 2.76. The van der Waals surface area contributed by atoms with Crippen molar-refractivity contribution in [3.63, 3.8) is 0 Å². The summed E-state index contributed by atoms with van der Waals surface area (Å²) in [4.78, 5) is 0. The maximum absolute atomic E-state index is 13.6. The number of hydrogen-bond donors (Lipinski definition) is 2. The van der Waals surface area contributed by atoms with Crippen LogP contribution in [0.3, 0.4) is 0 Å². The standard InChI is InChI=1S/C13H10F2N2/c14-10-2-1-3-11(15)13(10)8-4-5-12-9(6-8)7-16-17-12/h1-5,7,16-17H,6H2. The highest BCUT2D eigenvalue weighted by molar-refractivity contribution is 5.73. The van der Waals surface area contributed by atoms with Gasteiger partial charge in [-0.1, -0.05) is 12.1 Å². The molecule has 86 valence electrons. The van der Waals surface area contributed by atoms with Gasteiger partial charge in [0.15, 0.2) is 0 Å². The number of halogens is 2. The van der Waals surface area contributed by atoms with E-state index >= 15 is 0 Å². The van der Waals surface area contributed by atoms with E-state index in [1.807, 2.05) is 6.08 Å². The summed E-state index contributed by atoms with van der Waals surface area (Å²) < 4.78 is 27.3. The average molecular weight is 232 g/mol. The third-order valence-electron chi connectivity index (χ3n) is 2.92. The van der Waals surface area contributed by atoms with E-state index in [9.17, 15) is 8.78 Å². The quantitative estimate of drug-likeness (QED) is 0.777. The monoisotopic (exact) mass is 232 g/mol. The number of fused-ring (bicyclic) bond motifs is 1. The summed E-state index contributed by atoms with van der Waals surface area (Å²) in [5.41, 5.74) is 8.48. The van der Waals surface area contributed by atoms with E-state index in [1.165, 1.54) is 18.2 Å². The maximum atomic E-state index is 13.6. The van der Waals surface area contributed by atoms with E-state index in [4.69, 9.17) is 0 Å². The largest absolute Gasteiger partial charge is 0.308 e. The van der Waals surface area contributed by atoms with Crippen molar-refractivity contribution in [3.05, 3.63) is 65.0 Å². The van der Waals surface area contributed by atoms with E-state index < -0.39 is 11.6 Å². The third-order valence-corrected chi connectivity index (χ3v) is 2.92. The van der Waals surface area contributed by atoms with Gasteiger partial charge in [0.05, 0.1) is 5.70 Å². The summed E-state index contributed by atoms with van der Waals surface area (Å²) >= 11 is 0. The molecule has 1 aliphatic carbocycles. The molecule has 2 N–H and O–H groups in total. The van der Waals surface area contributed by atoms with Crippen LogP contribution in [-0.2, 0) is 0 Å². The van der Waals surface area contributed by atoms with Crippen LogP contribution in [0, 0.1) is 11.6 Å². The lowest BCUT2D eigenvalue weighted by Gasteiger charge is -2.15. The Labute approximate surface area is 97.3 Å². The predicted molar refractivity (Wildman–Crippen MR) is 61.4 cm³/mol. The minimum Gasteiger partial charge on any atom is -0.308 e. The summed E-state index contributed by atoms with van der Waals surface area (Å²) in [5, 5.41) is 0. The van der Waals surface area contributed by atoms with Crippen LogP contribution >= 0.6 is 0 Å². The number of benzene rings is 1. The zero-order chi connectivity index (χ0) is 11.8. The van der Waals surface area contributed by atoms with Crippen LogP contribution in [0.4, 0.5) is 8.78 Å². The molecule has 0 saturated heterocycles. The number of allylic oxidation sites excluding steroid dienone is 4. The van der Waals surface area contributed by atoms with Crippen molar-refractivity contribution in [1.29, 1.82) is 0 Å². The molecule has 3 rings (SSSR count). The summed E-state index contributed by atoms with van der Waals surface area (Å²) in [5.74, 6) is -1.04. The first-order valence-electron chi connectivity index (χ1n) is 5.32. The highest BCUT2D eigenvalue weighted by Gasteiger charge is 2.20. The van der Waals surface area contributed by atoms with E-state index in [2.05, 4.69) is 10.9 Å². The Morgan fingerprint density at radius 1 is 1.00 bits per heavy atom. The molecule has 0 aromatic heterocycles. The molecule has 1 heterocycles. The Kier molecular flexibility index (Phi) is 2.21. The molecule has 0 radical (unpaired) electrons. The second-order valence-corrected chi connectivity index (χ2v) is 3.98. The first kappa shape index (κ1) is 10.1. The van der Waals surface area contributed by atoms with Crippen molar-refractivity contribution >= 4 is 5.57 Å². The van der Waals surface area contributed by atoms with Crippen LogP contribution in [0.15, 0.2) is 47.8 Å². The Bertz CT molecular complexity index is 551. The lowest BCUT2D eigenvalue weighted by molar-refractivity contribution is 0.576. The SMILES string of the molecule is Fc1cccc(F)c1C1=CC=C2NNC=C2C1. The molecule has 1 aromatic carbocycles. The molecular weight excluding hydrogens is 222 g/mol. The fourth-order valence-electron chi connectivity index (χ4n) is 2.08. The zero-order valence-electron chi connectivity index (χ0n) is 8.93. The molecule has 0 fully saturated rings. The molecule has 0 amide bonds. The van der Waals surface area contributed by atoms with Gasteiger partial charge in [0, 0.05) is 18.2 Å². The predicted octanol–water partition coefficient (Wildman–Crippen LogP) is 2.63. The van der Waals surface area contributed by atoms with Crippen LogP contribution in [0.2, 0.25) is 0 Å². The second-order valence-electron chi connectivity index (χ2n) is 3.98. The molecule has 4 heteroatoms. The Morgan fingerprint density at radius 3 is 2.53 bits per heavy atom. The number of rotatable bonds is 1. The molecule has 1 aliphatic heterocycles. The van der Waals surface area contributed by atoms with Crippen LogP contribution in [0.25, 0.3) is 5.57 Å². The number of nitrogens with one attached hydrogen (secondary N) is 2. The van der Waals surface area contributed by atoms with Crippen LogP contribution < -0.4 is 10.9 Å². The molecule has 2 nitrogen and oxygen atoms in total. The van der Waals surface area contributed by atoms with Crippen LogP contribution in [0.1, 0.15) is 12.0 Å². The number of hydrogen-bond acceptors (Lipinski definition) is 2. The Morgan fingerprint density at radius 2 is 1.76 bits per heavy atom. The molecule has 1 aromatic rings. The summed E-state index contributed by atoms with van der Waals surface area (Å²) in [7, 11) is 0. The van der Waals surface area contributed by atoms with Gasteiger partial charge in [-0.25, -0.2) is 8.78 Å². The Balaban J connectivity index is 2.07. The second kappa shape index (κ2) is 3.73. The van der Waals surface area contributed by atoms with Gasteiger partial charge in [0.25, 0.3) is 0 Å². The van der Waals surface area contributed by atoms with E-state index in [-0.39, 0.29) is 5.56 Å². The van der Waals surface area contributed by atoms with E-state index in [0.717, 1.165) is 11.3 Å². The van der Waals surface area contributed by atoms with Gasteiger partial charge in [0.2, 0.25) is 0 Å². The first-order valence-corrected chi connectivity index (χ1v) is 5.32. The van der Waals surface area contributed by atoms with Gasteiger partial charge in [0.1, 0.15) is 11.6 Å². The molecule has 17 heavy (non-hydrogen) atoms. The third kappa shape index (κ3) is 1.62. The molecule has 0 atom stereocenters. The van der Waals surface area contributed by atoms with Gasteiger partial charge < -0.3 is 10.9 Å². The fourth-order valence-corrected chi connectivity index (χ4v) is 2.08. The molecule has 0 bridgehead atoms. The van der Waals surface area contributed by atoms with Crippen LogP contribution in [0.5, 0.6) is 0 Å². The van der Waals surface area contributed by atoms with E-state index in [0.29, 0.717) is 12.0 Å². The van der Waals surface area contributed by atoms with Gasteiger partial charge in [-0.3, -0.25) is 0 Å². The van der Waals surface area contributed by atoms with Crippen molar-refractivity contribution in [2.45, 2.75) is 6.42 Å². The van der Waals surface area contributed by atoms with Gasteiger partial charge in [-0.05, 0) is 29.4 Å². The van der Waals surface area contributed by atoms with Gasteiger partial charge >= 0.3 is 0 Å². The number of hydrazine groups is 1. The highest BCUT2D eigenvalue weighted by Crippen LogP contribution is 2.33. The molecule has 0 unspecified atom stereocenters. The zero-order valence-corrected chi connectivity index (χ0v) is 8.93. The van der Waals surface area contributed by atoms with Gasteiger partial charge in [-0.15, -0.1) is 0 Å². The molecule has 2 aliphatic rings. The minimum atomic E-state index is -0.521. The molecular formula is C13H10F2N2. The highest BCUT2D eigenvalue weighted by atomic mass is 19.1. The summed E-state index contributed by atoms with van der Waals surface area (Å²) in [6.45, 7) is 0. The maximum Gasteiger partial charge on any atom is 0.133 e. The molecule has 0 saturated carbocycles. The van der Waals surface area contributed by atoms with Gasteiger partial charge in [-0.2, -0.15) is 0 Å². The first-order chi connectivity index (χ1) is 8.25. The van der Waals surface area contributed by atoms with Crippen molar-refractivity contribution in [2.75, 3.05) is 0 Å². The lowest BCUT2D eigenvalue weighted by Crippen LogP contribution is -2.19. The topological polar surface area (TPSA) is 24.1 Å². The fraction of sp³-hybridized carbons (Fsp3) is 0.0769.